The number of aryl methyl sites for hydroxylation is 7. The van der Waals surface area contributed by atoms with E-state index < -0.39 is 29.1 Å². The summed E-state index contributed by atoms with van der Waals surface area (Å²) >= 11 is 11.2. The Morgan fingerprint density at radius 2 is 0.944 bits per heavy atom. The molecule has 0 atom stereocenters. The van der Waals surface area contributed by atoms with E-state index >= 15 is 0 Å². The first-order chi connectivity index (χ1) is 43.2. The third-order valence-corrected chi connectivity index (χ3v) is 13.0. The van der Waals surface area contributed by atoms with Crippen LogP contribution in [-0.2, 0) is 49.7 Å². The van der Waals surface area contributed by atoms with Crippen molar-refractivity contribution in [2.75, 3.05) is 54.6 Å². The number of halogens is 9. The van der Waals surface area contributed by atoms with Crippen LogP contribution < -0.4 is 16.0 Å². The van der Waals surface area contributed by atoms with Gasteiger partial charge >= 0.3 is 0 Å². The number of likely N-dealkylation sites (N-methyl/N-ethyl adjacent to an activating group) is 2. The summed E-state index contributed by atoms with van der Waals surface area (Å²) < 4.78 is 91.3. The first-order valence-corrected chi connectivity index (χ1v) is 32.5. The van der Waals surface area contributed by atoms with Gasteiger partial charge < -0.3 is 25.8 Å². The number of aliphatic hydroxyl groups is 1. The summed E-state index contributed by atoms with van der Waals surface area (Å²) in [5.41, 5.74) is 7.39. The molecule has 2 aliphatic carbocycles. The van der Waals surface area contributed by atoms with Crippen molar-refractivity contribution in [1.82, 2.24) is 20.9 Å². The zero-order valence-corrected chi connectivity index (χ0v) is 58.0. The zero-order chi connectivity index (χ0) is 68.3. The Morgan fingerprint density at radius 1 is 0.478 bits per heavy atom. The highest BCUT2D eigenvalue weighted by Gasteiger charge is 2.19. The van der Waals surface area contributed by atoms with E-state index in [1.807, 2.05) is 77.5 Å². The van der Waals surface area contributed by atoms with Gasteiger partial charge in [-0.25, -0.2) is 30.7 Å². The number of benzene rings is 6. The summed E-state index contributed by atoms with van der Waals surface area (Å²) in [6.07, 6.45) is 19.9. The summed E-state index contributed by atoms with van der Waals surface area (Å²) in [5, 5.41) is 17.9. The van der Waals surface area contributed by atoms with Gasteiger partial charge in [0.05, 0.1) is 18.2 Å². The molecule has 9 rings (SSSR count). The van der Waals surface area contributed by atoms with Crippen LogP contribution in [0.3, 0.4) is 0 Å². The molecule has 15 heteroatoms. The van der Waals surface area contributed by atoms with Gasteiger partial charge in [0.1, 0.15) is 11.6 Å². The van der Waals surface area contributed by atoms with Crippen LogP contribution in [0, 0.1) is 46.6 Å². The van der Waals surface area contributed by atoms with E-state index in [9.17, 15) is 30.7 Å². The highest BCUT2D eigenvalue weighted by molar-refractivity contribution is 6.31. The number of hydrogen-bond donors (Lipinski definition) is 4. The minimum atomic E-state index is -1.40. The molecule has 0 amide bonds. The number of rotatable bonds is 15. The number of nitrogens with zero attached hydrogens (tertiary/aromatic N) is 1. The smallest absolute Gasteiger partial charge is 0.194 e. The highest BCUT2D eigenvalue weighted by atomic mass is 35.5. The Bertz CT molecular complexity index is 2580. The van der Waals surface area contributed by atoms with Crippen molar-refractivity contribution in [1.29, 1.82) is 0 Å². The molecule has 7 aromatic rings. The maximum Gasteiger partial charge on any atom is 0.194 e. The first-order valence-electron chi connectivity index (χ1n) is 31.7. The van der Waals surface area contributed by atoms with Gasteiger partial charge in [-0.05, 0) is 191 Å². The summed E-state index contributed by atoms with van der Waals surface area (Å²) in [7, 11) is 7.41. The molecule has 1 aromatic heterocycles. The Balaban J connectivity index is -0.000000928. The fourth-order valence-electron chi connectivity index (χ4n) is 6.67. The Kier molecular flexibility index (Phi) is 59.9. The van der Waals surface area contributed by atoms with Crippen molar-refractivity contribution in [3.8, 4) is 0 Å². The van der Waals surface area contributed by atoms with Crippen LogP contribution in [0.4, 0.5) is 30.7 Å². The van der Waals surface area contributed by atoms with E-state index in [0.717, 1.165) is 104 Å². The maximum absolute atomic E-state index is 12.5. The average Bonchev–Trinajstić information content (AvgIpc) is 2.96. The quantitative estimate of drug-likeness (QED) is 0.0465. The monoisotopic (exact) mass is 1300 g/mol. The number of aliphatic hydroxyl groups excluding tert-OH is 1. The van der Waals surface area contributed by atoms with Crippen molar-refractivity contribution in [2.45, 2.75) is 165 Å². The molecule has 6 aromatic carbocycles. The molecule has 90 heavy (non-hydrogen) atoms. The van der Waals surface area contributed by atoms with E-state index in [1.165, 1.54) is 79.8 Å². The van der Waals surface area contributed by atoms with Crippen molar-refractivity contribution in [3.05, 3.63) is 242 Å². The Labute approximate surface area is 549 Å². The molecule has 2 fully saturated rings. The van der Waals surface area contributed by atoms with Gasteiger partial charge in [-0.15, -0.1) is 0 Å². The van der Waals surface area contributed by atoms with Crippen LogP contribution in [0.2, 0.25) is 10.0 Å². The molecule has 2 saturated carbocycles. The van der Waals surface area contributed by atoms with Crippen molar-refractivity contribution in [2.24, 2.45) is 5.92 Å². The number of ether oxygens (including phenoxy) is 1. The molecule has 4 N–H and O–H groups in total. The molecule has 1 heterocycles. The van der Waals surface area contributed by atoms with Crippen LogP contribution in [0.25, 0.3) is 0 Å². The van der Waals surface area contributed by atoms with Gasteiger partial charge in [-0.3, -0.25) is 4.98 Å². The predicted octanol–water partition coefficient (Wildman–Crippen LogP) is 20.4. The fraction of sp³-hybridized carbons (Fsp3) is 0.453. The molecule has 0 bridgehead atoms. The second-order valence-electron chi connectivity index (χ2n) is 20.4. The number of methoxy groups -OCH3 is 1. The van der Waals surface area contributed by atoms with Crippen molar-refractivity contribution < 1.29 is 40.6 Å². The summed E-state index contributed by atoms with van der Waals surface area (Å²) in [6.45, 7) is 23.2. The van der Waals surface area contributed by atoms with Crippen LogP contribution in [-0.4, -0.2) is 70.7 Å². The number of pyridine rings is 1. The molecule has 0 radical (unpaired) electrons. The van der Waals surface area contributed by atoms with E-state index in [4.69, 9.17) is 33.0 Å². The number of nitrogens with one attached hydrogen (secondary N) is 3. The highest BCUT2D eigenvalue weighted by Crippen LogP contribution is 2.33. The lowest BCUT2D eigenvalue weighted by Gasteiger charge is -1.98. The van der Waals surface area contributed by atoms with E-state index in [1.54, 1.807) is 57.6 Å². The van der Waals surface area contributed by atoms with Crippen molar-refractivity contribution in [3.63, 3.8) is 0 Å². The van der Waals surface area contributed by atoms with Gasteiger partial charge in [0.15, 0.2) is 29.1 Å². The van der Waals surface area contributed by atoms with Gasteiger partial charge in [-0.1, -0.05) is 197 Å². The lowest BCUT2D eigenvalue weighted by molar-refractivity contribution is 0.201. The largest absolute Gasteiger partial charge is 0.395 e. The van der Waals surface area contributed by atoms with Gasteiger partial charge in [0, 0.05) is 43.7 Å². The first kappa shape index (κ1) is 88.6. The topological polar surface area (TPSA) is 78.4 Å². The third kappa shape index (κ3) is 52.0. The van der Waals surface area contributed by atoms with Gasteiger partial charge in [0.25, 0.3) is 0 Å². The van der Waals surface area contributed by atoms with Gasteiger partial charge in [0.2, 0.25) is 0 Å². The maximum atomic E-state index is 12.5. The van der Waals surface area contributed by atoms with Crippen LogP contribution in [0.15, 0.2) is 152 Å². The molecule has 504 valence electrons. The second-order valence-corrected chi connectivity index (χ2v) is 21.2. The molecular formula is C75H109Cl2F7N4O2. The molecule has 0 unspecified atom stereocenters. The van der Waals surface area contributed by atoms with Crippen LogP contribution >= 0.6 is 23.2 Å². The van der Waals surface area contributed by atoms with Crippen LogP contribution in [0.5, 0.6) is 0 Å². The number of hydrogen-bond acceptors (Lipinski definition) is 6. The van der Waals surface area contributed by atoms with Crippen LogP contribution in [0.1, 0.15) is 153 Å². The SMILES string of the molecule is CCC.CCCC1CC1.CCc1cc(F)c(F)c(F)c1.CCc1ccc(F)c(Cl)c1.CCc1ccc(F)c(F)c1.CCc1cccc(Cl)c1.CCc1cccc(F)c1.CCc1ccccc1.CCc1cccnc1.CNC1CC1.CNCCO.CNCCOC. The van der Waals surface area contributed by atoms with Crippen molar-refractivity contribution >= 4 is 23.2 Å². The van der Waals surface area contributed by atoms with E-state index in [0.29, 0.717) is 18.5 Å². The lowest BCUT2D eigenvalue weighted by Crippen LogP contribution is -2.12. The standard InChI is InChI=1S/C8H8ClF.C8H9Cl.C8H7F3.C8H8F2.C8H9F.C8H10.C7H9N.C6H12.C4H11NO.C4H9N.C3H9NO.C3H8/c1-2-6-3-4-8(10)7(9)5-6;1-2-7-4-3-5-8(9)6-7;1-2-5-3-6(9)8(11)7(10)4-5;1-2-6-3-4-7(9)8(10)5-6;1-2-7-4-3-5-8(9)6-7;1-2-8-6-4-3-5-7-8;1-2-7-4-3-5-8-6-7;1-2-3-6-4-5-6;1-5-3-4-6-2;1-5-4-2-3-4;1-4-2-3-5;1-3-2/h3-5H,2H2,1H3;3-6H,2H2,1H3;3-4H,2H2,1H3;3-5H,2H2,1H3;3-6H,2H2,1H3;3-7H,2H2,1H3;3-6H,2H2,1H3;6H,2-5H2,1H3;5H,3-4H2,1-2H3;2*4-5H,2-3H2,1H3;3H2,1-2H3. The molecule has 0 saturated heterocycles. The van der Waals surface area contributed by atoms with E-state index in [2.05, 4.69) is 98.9 Å². The molecular weight excluding hydrogens is 1190 g/mol. The molecule has 0 spiro atoms. The molecule has 2 aliphatic rings. The average molecular weight is 1300 g/mol. The molecule has 6 nitrogen and oxygen atoms in total. The van der Waals surface area contributed by atoms with E-state index in [-0.39, 0.29) is 23.3 Å². The predicted molar refractivity (Wildman–Crippen MR) is 371 cm³/mol. The molecule has 0 aliphatic heterocycles. The zero-order valence-electron chi connectivity index (χ0n) is 56.5. The summed E-state index contributed by atoms with van der Waals surface area (Å²) in [5.74, 6) is -4.54. The second kappa shape index (κ2) is 60.9. The Hall–Kier alpha value is -5.64. The number of aromatic nitrogens is 1. The Morgan fingerprint density at radius 3 is 1.26 bits per heavy atom. The normalized spacial score (nSPS) is 11.0. The fourth-order valence-corrected chi connectivity index (χ4v) is 7.08. The minimum absolute atomic E-state index is 0.144. The minimum Gasteiger partial charge on any atom is -0.395 e. The lowest BCUT2D eigenvalue weighted by atomic mass is 10.1. The summed E-state index contributed by atoms with van der Waals surface area (Å²) in [6, 6.07) is 40.7. The van der Waals surface area contributed by atoms with Gasteiger partial charge in [-0.2, -0.15) is 0 Å². The summed E-state index contributed by atoms with van der Waals surface area (Å²) in [4.78, 5) is 3.96. The third-order valence-electron chi connectivity index (χ3n) is 12.5.